The van der Waals surface area contributed by atoms with E-state index in [9.17, 15) is 9.59 Å². The molecule has 0 aliphatic heterocycles. The molecule has 0 saturated heterocycles. The summed E-state index contributed by atoms with van der Waals surface area (Å²) in [5.74, 6) is 0.0620. The molecule has 0 aliphatic rings. The molecule has 1 aromatic heterocycles. The Bertz CT molecular complexity index is 1260. The van der Waals surface area contributed by atoms with Crippen molar-refractivity contribution < 1.29 is 4.79 Å². The number of hydrogen-bond donors (Lipinski definition) is 1. The third kappa shape index (κ3) is 4.56. The van der Waals surface area contributed by atoms with Gasteiger partial charge in [0.15, 0.2) is 0 Å². The SMILES string of the molecule is Cc1nc2cc(C(=O)NCC(C)c3ccccc3)ccc2n(Cc2ccccc2)c1=O. The van der Waals surface area contributed by atoms with Gasteiger partial charge < -0.3 is 9.88 Å². The van der Waals surface area contributed by atoms with Crippen LogP contribution in [0.25, 0.3) is 11.0 Å². The Labute approximate surface area is 181 Å². The maximum Gasteiger partial charge on any atom is 0.272 e. The lowest BCUT2D eigenvalue weighted by Crippen LogP contribution is -2.28. The van der Waals surface area contributed by atoms with Crippen LogP contribution in [0, 0.1) is 6.92 Å². The number of aryl methyl sites for hydroxylation is 1. The van der Waals surface area contributed by atoms with E-state index in [1.54, 1.807) is 23.6 Å². The molecule has 0 aliphatic carbocycles. The number of nitrogens with one attached hydrogen (secondary N) is 1. The summed E-state index contributed by atoms with van der Waals surface area (Å²) in [7, 11) is 0. The van der Waals surface area contributed by atoms with E-state index in [0.29, 0.717) is 35.4 Å². The molecule has 156 valence electrons. The molecule has 0 radical (unpaired) electrons. The number of nitrogens with zero attached hydrogens (tertiary/aromatic N) is 2. The number of hydrogen-bond acceptors (Lipinski definition) is 3. The quantitative estimate of drug-likeness (QED) is 0.515. The molecule has 0 saturated carbocycles. The molecule has 0 bridgehead atoms. The first-order valence-electron chi connectivity index (χ1n) is 10.4. The van der Waals surface area contributed by atoms with Gasteiger partial charge in [-0.05, 0) is 42.2 Å². The third-order valence-electron chi connectivity index (χ3n) is 5.49. The molecule has 5 nitrogen and oxygen atoms in total. The van der Waals surface area contributed by atoms with Crippen LogP contribution in [0.15, 0.2) is 83.7 Å². The van der Waals surface area contributed by atoms with Crippen LogP contribution in [0.5, 0.6) is 0 Å². The van der Waals surface area contributed by atoms with Crippen LogP contribution in [0.4, 0.5) is 0 Å². The topological polar surface area (TPSA) is 64.0 Å². The van der Waals surface area contributed by atoms with E-state index in [1.807, 2.05) is 54.6 Å². The largest absolute Gasteiger partial charge is 0.351 e. The first kappa shape index (κ1) is 20.5. The lowest BCUT2D eigenvalue weighted by atomic mass is 10.0. The summed E-state index contributed by atoms with van der Waals surface area (Å²) in [5.41, 5.74) is 4.40. The Morgan fingerprint density at radius 3 is 2.39 bits per heavy atom. The van der Waals surface area contributed by atoms with Crippen LogP contribution in [0.2, 0.25) is 0 Å². The van der Waals surface area contributed by atoms with Crippen molar-refractivity contribution >= 4 is 16.9 Å². The fourth-order valence-electron chi connectivity index (χ4n) is 3.69. The van der Waals surface area contributed by atoms with Gasteiger partial charge in [0.1, 0.15) is 5.69 Å². The van der Waals surface area contributed by atoms with Crippen molar-refractivity contribution in [2.45, 2.75) is 26.3 Å². The molecule has 0 fully saturated rings. The van der Waals surface area contributed by atoms with E-state index in [1.165, 1.54) is 5.56 Å². The molecule has 4 aromatic rings. The number of fused-ring (bicyclic) bond motifs is 1. The highest BCUT2D eigenvalue weighted by Gasteiger charge is 2.13. The summed E-state index contributed by atoms with van der Waals surface area (Å²) < 4.78 is 1.71. The second-order valence-corrected chi connectivity index (χ2v) is 7.80. The van der Waals surface area contributed by atoms with E-state index in [-0.39, 0.29) is 17.4 Å². The maximum absolute atomic E-state index is 12.7. The predicted molar refractivity (Wildman–Crippen MR) is 123 cm³/mol. The molecular formula is C26H25N3O2. The Hall–Kier alpha value is -3.73. The molecule has 4 rings (SSSR count). The maximum atomic E-state index is 12.7. The zero-order valence-corrected chi connectivity index (χ0v) is 17.7. The predicted octanol–water partition coefficient (Wildman–Crippen LogP) is 4.29. The van der Waals surface area contributed by atoms with Crippen molar-refractivity contribution in [2.75, 3.05) is 6.54 Å². The third-order valence-corrected chi connectivity index (χ3v) is 5.49. The van der Waals surface area contributed by atoms with Gasteiger partial charge in [-0.15, -0.1) is 0 Å². The van der Waals surface area contributed by atoms with E-state index in [4.69, 9.17) is 0 Å². The van der Waals surface area contributed by atoms with Gasteiger partial charge in [-0.1, -0.05) is 67.6 Å². The van der Waals surface area contributed by atoms with E-state index >= 15 is 0 Å². The average Bonchev–Trinajstić information content (AvgIpc) is 2.81. The molecule has 1 unspecified atom stereocenters. The zero-order chi connectivity index (χ0) is 21.8. The highest BCUT2D eigenvalue weighted by atomic mass is 16.1. The van der Waals surface area contributed by atoms with Crippen LogP contribution in [-0.4, -0.2) is 22.0 Å². The Morgan fingerprint density at radius 2 is 1.68 bits per heavy atom. The minimum atomic E-state index is -0.148. The zero-order valence-electron chi connectivity index (χ0n) is 17.7. The monoisotopic (exact) mass is 411 g/mol. The van der Waals surface area contributed by atoms with Crippen LogP contribution < -0.4 is 10.9 Å². The van der Waals surface area contributed by atoms with Crippen molar-refractivity contribution in [3.8, 4) is 0 Å². The smallest absolute Gasteiger partial charge is 0.272 e. The summed E-state index contributed by atoms with van der Waals surface area (Å²) in [5, 5.41) is 3.01. The summed E-state index contributed by atoms with van der Waals surface area (Å²) in [6.45, 7) is 4.79. The molecule has 3 aromatic carbocycles. The average molecular weight is 412 g/mol. The van der Waals surface area contributed by atoms with Gasteiger partial charge in [-0.25, -0.2) is 4.98 Å². The lowest BCUT2D eigenvalue weighted by molar-refractivity contribution is 0.0951. The summed E-state index contributed by atoms with van der Waals surface area (Å²) in [6, 6.07) is 25.3. The van der Waals surface area contributed by atoms with Gasteiger partial charge >= 0.3 is 0 Å². The van der Waals surface area contributed by atoms with Gasteiger partial charge in [0.25, 0.3) is 11.5 Å². The van der Waals surface area contributed by atoms with Gasteiger partial charge in [0, 0.05) is 12.1 Å². The number of carbonyl (C=O) groups excluding carboxylic acids is 1. The molecule has 1 N–H and O–H groups in total. The number of amides is 1. The Kier molecular flexibility index (Phi) is 5.94. The Balaban J connectivity index is 1.58. The van der Waals surface area contributed by atoms with Crippen LogP contribution in [0.1, 0.15) is 40.0 Å². The highest BCUT2D eigenvalue weighted by molar-refractivity contribution is 5.97. The summed E-state index contributed by atoms with van der Waals surface area (Å²) in [6.07, 6.45) is 0. The minimum Gasteiger partial charge on any atom is -0.351 e. The second-order valence-electron chi connectivity index (χ2n) is 7.80. The highest BCUT2D eigenvalue weighted by Crippen LogP contribution is 2.16. The van der Waals surface area contributed by atoms with E-state index in [2.05, 4.69) is 29.4 Å². The molecule has 1 atom stereocenters. The van der Waals surface area contributed by atoms with E-state index < -0.39 is 0 Å². The molecule has 1 amide bonds. The number of benzene rings is 3. The molecular weight excluding hydrogens is 386 g/mol. The van der Waals surface area contributed by atoms with Gasteiger partial charge in [-0.3, -0.25) is 9.59 Å². The summed E-state index contributed by atoms with van der Waals surface area (Å²) in [4.78, 5) is 29.9. The fourth-order valence-corrected chi connectivity index (χ4v) is 3.69. The van der Waals surface area contributed by atoms with Gasteiger partial charge in [0.05, 0.1) is 17.6 Å². The van der Waals surface area contributed by atoms with Crippen LogP contribution >= 0.6 is 0 Å². The van der Waals surface area contributed by atoms with Crippen molar-refractivity contribution in [1.29, 1.82) is 0 Å². The van der Waals surface area contributed by atoms with Crippen LogP contribution in [-0.2, 0) is 6.54 Å². The Morgan fingerprint density at radius 1 is 1.00 bits per heavy atom. The molecule has 5 heteroatoms. The fraction of sp³-hybridized carbons (Fsp3) is 0.192. The second kappa shape index (κ2) is 8.96. The molecule has 1 heterocycles. The number of rotatable bonds is 6. The van der Waals surface area contributed by atoms with Crippen molar-refractivity contribution in [3.05, 3.63) is 112 Å². The number of carbonyl (C=O) groups is 1. The molecule has 31 heavy (non-hydrogen) atoms. The number of aromatic nitrogens is 2. The standard InChI is InChI=1S/C26H25N3O2/c1-18(21-11-7-4-8-12-21)16-27-25(30)22-13-14-24-23(15-22)28-19(2)26(31)29(24)17-20-9-5-3-6-10-20/h3-15,18H,16-17H2,1-2H3,(H,27,30). The van der Waals surface area contributed by atoms with Crippen molar-refractivity contribution in [3.63, 3.8) is 0 Å². The molecule has 0 spiro atoms. The minimum absolute atomic E-state index is 0.120. The van der Waals surface area contributed by atoms with E-state index in [0.717, 1.165) is 5.56 Å². The normalized spacial score (nSPS) is 11.9. The lowest BCUT2D eigenvalue weighted by Gasteiger charge is -2.14. The first-order valence-corrected chi connectivity index (χ1v) is 10.4. The van der Waals surface area contributed by atoms with Crippen molar-refractivity contribution in [2.24, 2.45) is 0 Å². The first-order chi connectivity index (χ1) is 15.0. The van der Waals surface area contributed by atoms with Gasteiger partial charge in [-0.2, -0.15) is 0 Å². The summed E-state index contributed by atoms with van der Waals surface area (Å²) >= 11 is 0. The van der Waals surface area contributed by atoms with Crippen molar-refractivity contribution in [1.82, 2.24) is 14.9 Å². The van der Waals surface area contributed by atoms with Crippen LogP contribution in [0.3, 0.4) is 0 Å². The van der Waals surface area contributed by atoms with Gasteiger partial charge in [0.2, 0.25) is 0 Å².